The summed E-state index contributed by atoms with van der Waals surface area (Å²) in [5.41, 5.74) is 0.265. The molecule has 3 heteroatoms. The van der Waals surface area contributed by atoms with Crippen LogP contribution in [-0.4, -0.2) is 29.6 Å². The van der Waals surface area contributed by atoms with Gasteiger partial charge in [0.05, 0.1) is 0 Å². The van der Waals surface area contributed by atoms with E-state index in [1.807, 2.05) is 11.8 Å². The molecule has 0 aromatic rings. The molecule has 2 nitrogen and oxygen atoms in total. The van der Waals surface area contributed by atoms with Gasteiger partial charge in [-0.05, 0) is 37.4 Å². The minimum Gasteiger partial charge on any atom is -0.343 e. The first-order valence-electron chi connectivity index (χ1n) is 5.56. The van der Waals surface area contributed by atoms with E-state index >= 15 is 0 Å². The maximum absolute atomic E-state index is 11.9. The van der Waals surface area contributed by atoms with Gasteiger partial charge >= 0.3 is 0 Å². The van der Waals surface area contributed by atoms with Crippen LogP contribution in [0.2, 0.25) is 0 Å². The third-order valence-electron chi connectivity index (χ3n) is 3.05. The topological polar surface area (TPSA) is 20.3 Å². The minimum atomic E-state index is 0.265. The van der Waals surface area contributed by atoms with E-state index in [0.717, 1.165) is 25.3 Å². The third-order valence-corrected chi connectivity index (χ3v) is 3.72. The molecule has 1 saturated carbocycles. The van der Waals surface area contributed by atoms with Crippen molar-refractivity contribution in [3.05, 3.63) is 0 Å². The van der Waals surface area contributed by atoms with Gasteiger partial charge in [0, 0.05) is 19.5 Å². The van der Waals surface area contributed by atoms with Crippen LogP contribution in [0.5, 0.6) is 0 Å². The molecule has 0 bridgehead atoms. The highest BCUT2D eigenvalue weighted by Gasteiger charge is 2.43. The maximum atomic E-state index is 11.9. The Morgan fingerprint density at radius 1 is 1.43 bits per heavy atom. The fourth-order valence-corrected chi connectivity index (χ4v) is 2.16. The monoisotopic (exact) mass is 215 g/mol. The summed E-state index contributed by atoms with van der Waals surface area (Å²) < 4.78 is 0. The highest BCUT2D eigenvalue weighted by atomic mass is 32.1. The fraction of sp³-hybridized carbons (Fsp3) is 0.909. The second-order valence-electron chi connectivity index (χ2n) is 4.31. The van der Waals surface area contributed by atoms with Crippen molar-refractivity contribution in [2.45, 2.75) is 39.5 Å². The largest absolute Gasteiger partial charge is 0.343 e. The van der Waals surface area contributed by atoms with Crippen LogP contribution in [0.1, 0.15) is 39.5 Å². The van der Waals surface area contributed by atoms with E-state index in [1.54, 1.807) is 0 Å². The second-order valence-corrected chi connectivity index (χ2v) is 4.62. The number of rotatable bonds is 6. The molecular weight excluding hydrogens is 194 g/mol. The Morgan fingerprint density at radius 2 is 2.07 bits per heavy atom. The van der Waals surface area contributed by atoms with Crippen molar-refractivity contribution in [3.8, 4) is 0 Å². The van der Waals surface area contributed by atoms with Gasteiger partial charge in [-0.3, -0.25) is 4.79 Å². The zero-order chi connectivity index (χ0) is 10.6. The Morgan fingerprint density at radius 3 is 2.43 bits per heavy atom. The molecule has 0 spiro atoms. The second kappa shape index (κ2) is 5.06. The first kappa shape index (κ1) is 11.9. The molecule has 0 aromatic heterocycles. The summed E-state index contributed by atoms with van der Waals surface area (Å²) in [6.07, 6.45) is 4.13. The lowest BCUT2D eigenvalue weighted by molar-refractivity contribution is -0.132. The number of thiol groups is 1. The number of carbonyl (C=O) groups excluding carboxylic acids is 1. The quantitative estimate of drug-likeness (QED) is 0.674. The van der Waals surface area contributed by atoms with E-state index < -0.39 is 0 Å². The van der Waals surface area contributed by atoms with Crippen LogP contribution in [0.15, 0.2) is 0 Å². The fourth-order valence-electron chi connectivity index (χ4n) is 1.73. The molecule has 0 saturated heterocycles. The standard InChI is InChI=1S/C11H21NOS/c1-3-7-12(4-2)10(13)8-11(9-14)5-6-11/h14H,3-9H2,1-2H3. The van der Waals surface area contributed by atoms with Crippen molar-refractivity contribution in [2.24, 2.45) is 5.41 Å². The van der Waals surface area contributed by atoms with Crippen molar-refractivity contribution in [1.29, 1.82) is 0 Å². The smallest absolute Gasteiger partial charge is 0.223 e. The van der Waals surface area contributed by atoms with Crippen LogP contribution in [0, 0.1) is 5.41 Å². The normalized spacial score (nSPS) is 17.9. The van der Waals surface area contributed by atoms with Gasteiger partial charge in [-0.25, -0.2) is 0 Å². The van der Waals surface area contributed by atoms with Gasteiger partial charge in [-0.1, -0.05) is 6.92 Å². The van der Waals surface area contributed by atoms with Crippen LogP contribution >= 0.6 is 12.6 Å². The van der Waals surface area contributed by atoms with E-state index in [4.69, 9.17) is 0 Å². The molecule has 0 heterocycles. The number of hydrogen-bond acceptors (Lipinski definition) is 2. The van der Waals surface area contributed by atoms with E-state index in [0.29, 0.717) is 12.3 Å². The first-order valence-corrected chi connectivity index (χ1v) is 6.19. The Bertz CT molecular complexity index is 201. The van der Waals surface area contributed by atoms with Crippen molar-refractivity contribution in [1.82, 2.24) is 4.90 Å². The van der Waals surface area contributed by atoms with E-state index in [1.165, 1.54) is 12.8 Å². The average Bonchev–Trinajstić information content (AvgIpc) is 2.94. The highest BCUT2D eigenvalue weighted by Crippen LogP contribution is 2.49. The summed E-state index contributed by atoms with van der Waals surface area (Å²) in [6, 6.07) is 0. The summed E-state index contributed by atoms with van der Waals surface area (Å²) in [5, 5.41) is 0. The predicted octanol–water partition coefficient (Wildman–Crippen LogP) is 2.35. The van der Waals surface area contributed by atoms with Crippen LogP contribution in [0.4, 0.5) is 0 Å². The summed E-state index contributed by atoms with van der Waals surface area (Å²) in [7, 11) is 0. The molecule has 1 rings (SSSR count). The number of carbonyl (C=O) groups is 1. The van der Waals surface area contributed by atoms with E-state index in [2.05, 4.69) is 19.6 Å². The van der Waals surface area contributed by atoms with Crippen molar-refractivity contribution < 1.29 is 4.79 Å². The number of amides is 1. The van der Waals surface area contributed by atoms with Crippen molar-refractivity contribution in [2.75, 3.05) is 18.8 Å². The molecule has 0 radical (unpaired) electrons. The molecular formula is C11H21NOS. The van der Waals surface area contributed by atoms with Crippen LogP contribution in [0.3, 0.4) is 0 Å². The molecule has 0 unspecified atom stereocenters. The van der Waals surface area contributed by atoms with Gasteiger partial charge in [-0.15, -0.1) is 0 Å². The Labute approximate surface area is 92.5 Å². The molecule has 0 atom stereocenters. The summed E-state index contributed by atoms with van der Waals surface area (Å²) in [4.78, 5) is 13.8. The van der Waals surface area contributed by atoms with Gasteiger partial charge < -0.3 is 4.90 Å². The number of nitrogens with zero attached hydrogens (tertiary/aromatic N) is 1. The third kappa shape index (κ3) is 2.91. The van der Waals surface area contributed by atoms with Crippen molar-refractivity contribution in [3.63, 3.8) is 0 Å². The van der Waals surface area contributed by atoms with Crippen molar-refractivity contribution >= 4 is 18.5 Å². The Hall–Kier alpha value is -0.180. The van der Waals surface area contributed by atoms with Crippen LogP contribution in [0.25, 0.3) is 0 Å². The zero-order valence-corrected chi connectivity index (χ0v) is 10.1. The van der Waals surface area contributed by atoms with Gasteiger partial charge in [0.25, 0.3) is 0 Å². The number of hydrogen-bond donors (Lipinski definition) is 1. The molecule has 0 aromatic carbocycles. The van der Waals surface area contributed by atoms with Gasteiger partial charge in [0.2, 0.25) is 5.91 Å². The molecule has 1 amide bonds. The molecule has 82 valence electrons. The Kier molecular flexibility index (Phi) is 4.30. The van der Waals surface area contributed by atoms with Gasteiger partial charge in [0.1, 0.15) is 0 Å². The summed E-state index contributed by atoms with van der Waals surface area (Å²) in [5.74, 6) is 1.18. The van der Waals surface area contributed by atoms with Crippen LogP contribution in [-0.2, 0) is 4.79 Å². The predicted molar refractivity (Wildman–Crippen MR) is 62.7 cm³/mol. The first-order chi connectivity index (χ1) is 6.67. The van der Waals surface area contributed by atoms with Crippen LogP contribution < -0.4 is 0 Å². The van der Waals surface area contributed by atoms with Gasteiger partial charge in [0.15, 0.2) is 0 Å². The minimum absolute atomic E-state index is 0.265. The van der Waals surface area contributed by atoms with E-state index in [-0.39, 0.29) is 5.41 Å². The molecule has 1 aliphatic carbocycles. The molecule has 0 aliphatic heterocycles. The maximum Gasteiger partial charge on any atom is 0.223 e. The lowest BCUT2D eigenvalue weighted by atomic mass is 10.0. The highest BCUT2D eigenvalue weighted by molar-refractivity contribution is 7.80. The zero-order valence-electron chi connectivity index (χ0n) is 9.25. The van der Waals surface area contributed by atoms with E-state index in [9.17, 15) is 4.79 Å². The molecule has 1 aliphatic rings. The SMILES string of the molecule is CCCN(CC)C(=O)CC1(CS)CC1. The molecule has 1 fully saturated rings. The molecule has 14 heavy (non-hydrogen) atoms. The lowest BCUT2D eigenvalue weighted by Crippen LogP contribution is -2.33. The summed E-state index contributed by atoms with van der Waals surface area (Å²) in [6.45, 7) is 5.91. The molecule has 0 N–H and O–H groups in total. The lowest BCUT2D eigenvalue weighted by Gasteiger charge is -2.22. The summed E-state index contributed by atoms with van der Waals surface area (Å²) >= 11 is 4.32. The average molecular weight is 215 g/mol. The Balaban J connectivity index is 2.39. The van der Waals surface area contributed by atoms with Gasteiger partial charge in [-0.2, -0.15) is 12.6 Å².